The predicted molar refractivity (Wildman–Crippen MR) is 141 cm³/mol. The Morgan fingerprint density at radius 1 is 0.634 bits per heavy atom. The van der Waals surface area contributed by atoms with Crippen LogP contribution in [0.15, 0.2) is 99.9 Å². The van der Waals surface area contributed by atoms with Gasteiger partial charge in [-0.05, 0) is 36.4 Å². The molecule has 0 bridgehead atoms. The van der Waals surface area contributed by atoms with E-state index >= 15 is 0 Å². The lowest BCUT2D eigenvalue weighted by Crippen LogP contribution is -2.12. The van der Waals surface area contributed by atoms with Gasteiger partial charge in [-0.3, -0.25) is 20.2 Å². The maximum Gasteiger partial charge on any atom is 0.339 e. The molecule has 0 saturated carbocycles. The molecule has 0 heterocycles. The molecule has 0 radical (unpaired) electrons. The number of nitro benzene ring substituents is 2. The van der Waals surface area contributed by atoms with E-state index in [9.17, 15) is 42.3 Å². The lowest BCUT2D eigenvalue weighted by Gasteiger charge is -2.10. The third kappa shape index (κ3) is 4.92. The zero-order valence-electron chi connectivity index (χ0n) is 20.3. The first-order valence-corrected chi connectivity index (χ1v) is 14.1. The average molecular weight is 598 g/mol. The average Bonchev–Trinajstić information content (AvgIpc) is 3.26. The highest BCUT2D eigenvalue weighted by Crippen LogP contribution is 2.49. The summed E-state index contributed by atoms with van der Waals surface area (Å²) in [5.74, 6) is -0.197. The molecule has 0 amide bonds. The second-order valence-electron chi connectivity index (χ2n) is 8.39. The second-order valence-corrected chi connectivity index (χ2v) is 11.5. The molecule has 14 nitrogen and oxygen atoms in total. The number of benzene rings is 4. The van der Waals surface area contributed by atoms with Gasteiger partial charge in [0, 0.05) is 23.3 Å². The van der Waals surface area contributed by atoms with Crippen molar-refractivity contribution in [2.75, 3.05) is 0 Å². The van der Waals surface area contributed by atoms with E-state index in [4.69, 9.17) is 8.37 Å². The van der Waals surface area contributed by atoms with Gasteiger partial charge in [0.2, 0.25) is 0 Å². The van der Waals surface area contributed by atoms with E-state index in [0.717, 1.165) is 12.1 Å². The van der Waals surface area contributed by atoms with E-state index in [0.29, 0.717) is 12.1 Å². The molecular weight excluding hydrogens is 582 g/mol. The molecule has 4 aromatic rings. The second kappa shape index (κ2) is 10.00. The smallest absolute Gasteiger partial charge is 0.339 e. The number of para-hydroxylation sites is 2. The monoisotopic (exact) mass is 597 g/mol. The number of oxime groups is 1. The van der Waals surface area contributed by atoms with Crippen LogP contribution in [0.25, 0.3) is 11.1 Å². The maximum absolute atomic E-state index is 13.0. The van der Waals surface area contributed by atoms with Gasteiger partial charge in [-0.2, -0.15) is 16.8 Å². The maximum atomic E-state index is 13.0. The van der Waals surface area contributed by atoms with Gasteiger partial charge in [-0.1, -0.05) is 41.6 Å². The van der Waals surface area contributed by atoms with Crippen molar-refractivity contribution in [3.05, 3.63) is 116 Å². The van der Waals surface area contributed by atoms with Crippen LogP contribution in [0.5, 0.6) is 11.5 Å². The molecular formula is C25H15N3O11S2. The van der Waals surface area contributed by atoms with Crippen LogP contribution >= 0.6 is 0 Å². The van der Waals surface area contributed by atoms with Crippen molar-refractivity contribution in [1.29, 1.82) is 0 Å². The van der Waals surface area contributed by atoms with Crippen molar-refractivity contribution in [2.24, 2.45) is 5.16 Å². The summed E-state index contributed by atoms with van der Waals surface area (Å²) in [4.78, 5) is 20.8. The molecule has 41 heavy (non-hydrogen) atoms. The minimum absolute atomic E-state index is 0.0983. The summed E-state index contributed by atoms with van der Waals surface area (Å²) in [5.41, 5.74) is -3.99. The first-order chi connectivity index (χ1) is 19.4. The Balaban J connectivity index is 1.72. The lowest BCUT2D eigenvalue weighted by atomic mass is 10.0. The third-order valence-electron chi connectivity index (χ3n) is 5.91. The molecule has 0 aliphatic heterocycles. The Morgan fingerprint density at radius 2 is 1.00 bits per heavy atom. The Bertz CT molecular complexity index is 1840. The zero-order chi connectivity index (χ0) is 29.5. The highest BCUT2D eigenvalue weighted by molar-refractivity contribution is 7.87. The van der Waals surface area contributed by atoms with Gasteiger partial charge in [0.1, 0.15) is 27.0 Å². The molecule has 0 saturated heterocycles. The quantitative estimate of drug-likeness (QED) is 0.116. The summed E-state index contributed by atoms with van der Waals surface area (Å²) in [5, 5.41) is 37.1. The van der Waals surface area contributed by atoms with Crippen LogP contribution in [0.1, 0.15) is 11.1 Å². The van der Waals surface area contributed by atoms with Gasteiger partial charge < -0.3 is 13.6 Å². The zero-order valence-corrected chi connectivity index (χ0v) is 21.9. The molecule has 4 aromatic carbocycles. The molecule has 0 atom stereocenters. The molecule has 1 aliphatic carbocycles. The van der Waals surface area contributed by atoms with E-state index in [1.807, 2.05) is 0 Å². The van der Waals surface area contributed by atoms with Crippen LogP contribution in [0, 0.1) is 20.2 Å². The van der Waals surface area contributed by atoms with Gasteiger partial charge in [-0.25, -0.2) is 0 Å². The van der Waals surface area contributed by atoms with Crippen molar-refractivity contribution in [3.8, 4) is 22.6 Å². The standard InChI is InChI=1S/C25H15N3O11S2/c29-26-25-19-11-17(40(34,35)38-15-7-3-1-4-8-15)13-21(27(30)31)23(19)24-20(25)12-18(14-22(24)28(32)33)41(36,37)39-16-9-5-2-6-10-16/h1-14,29H. The molecule has 208 valence electrons. The summed E-state index contributed by atoms with van der Waals surface area (Å²) >= 11 is 0. The Hall–Kier alpha value is -5.35. The Kier molecular flexibility index (Phi) is 6.64. The fraction of sp³-hybridized carbons (Fsp3) is 0. The van der Waals surface area contributed by atoms with E-state index in [1.54, 1.807) is 12.1 Å². The molecule has 0 spiro atoms. The Morgan fingerprint density at radius 3 is 1.32 bits per heavy atom. The van der Waals surface area contributed by atoms with Crippen molar-refractivity contribution >= 4 is 37.3 Å². The number of hydrogen-bond donors (Lipinski definition) is 1. The van der Waals surface area contributed by atoms with Crippen molar-refractivity contribution in [2.45, 2.75) is 9.79 Å². The summed E-state index contributed by atoms with van der Waals surface area (Å²) in [6.45, 7) is 0. The number of nitrogens with zero attached hydrogens (tertiary/aromatic N) is 3. The van der Waals surface area contributed by atoms with Gasteiger partial charge in [0.25, 0.3) is 11.4 Å². The molecule has 5 rings (SSSR count). The van der Waals surface area contributed by atoms with Crippen molar-refractivity contribution in [1.82, 2.24) is 0 Å². The Labute approximate surface area is 231 Å². The van der Waals surface area contributed by atoms with Crippen molar-refractivity contribution < 1.29 is 40.3 Å². The van der Waals surface area contributed by atoms with Gasteiger partial charge in [0.15, 0.2) is 0 Å². The normalized spacial score (nSPS) is 12.2. The SMILES string of the molecule is O=[N+]([O-])c1cc(S(=O)(=O)Oc2ccccc2)cc2c1-c1c(cc(S(=O)(=O)Oc3ccccc3)cc1[N+](=O)[O-])C2=NO. The highest BCUT2D eigenvalue weighted by Gasteiger charge is 2.41. The van der Waals surface area contributed by atoms with Crippen molar-refractivity contribution in [3.63, 3.8) is 0 Å². The fourth-order valence-electron chi connectivity index (χ4n) is 4.23. The van der Waals surface area contributed by atoms with E-state index < -0.39 is 68.1 Å². The number of rotatable bonds is 8. The minimum atomic E-state index is -4.69. The van der Waals surface area contributed by atoms with Crippen LogP contribution in [0.4, 0.5) is 11.4 Å². The van der Waals surface area contributed by atoms with Gasteiger partial charge >= 0.3 is 20.2 Å². The van der Waals surface area contributed by atoms with E-state index in [2.05, 4.69) is 5.16 Å². The largest absolute Gasteiger partial charge is 0.410 e. The fourth-order valence-corrected chi connectivity index (χ4v) is 6.19. The van der Waals surface area contributed by atoms with Crippen LogP contribution in [-0.4, -0.2) is 37.6 Å². The summed E-state index contributed by atoms with van der Waals surface area (Å²) in [6, 6.07) is 17.6. The topological polar surface area (TPSA) is 206 Å². The summed E-state index contributed by atoms with van der Waals surface area (Å²) in [6.07, 6.45) is 0. The third-order valence-corrected chi connectivity index (χ3v) is 8.36. The molecule has 1 N–H and O–H groups in total. The van der Waals surface area contributed by atoms with Crippen LogP contribution in [0.2, 0.25) is 0 Å². The highest BCUT2D eigenvalue weighted by atomic mass is 32.2. The van der Waals surface area contributed by atoms with Crippen LogP contribution in [0.3, 0.4) is 0 Å². The predicted octanol–water partition coefficient (Wildman–Crippen LogP) is 4.25. The van der Waals surface area contributed by atoms with Crippen LogP contribution in [-0.2, 0) is 20.2 Å². The molecule has 16 heteroatoms. The first kappa shape index (κ1) is 27.2. The number of fused-ring (bicyclic) bond motifs is 3. The van der Waals surface area contributed by atoms with Crippen LogP contribution < -0.4 is 8.37 Å². The molecule has 0 fully saturated rings. The summed E-state index contributed by atoms with van der Waals surface area (Å²) < 4.78 is 62.2. The van der Waals surface area contributed by atoms with Gasteiger partial charge in [0.05, 0.1) is 21.0 Å². The summed E-state index contributed by atoms with van der Waals surface area (Å²) in [7, 11) is -9.39. The minimum Gasteiger partial charge on any atom is -0.410 e. The van der Waals surface area contributed by atoms with Gasteiger partial charge in [-0.15, -0.1) is 0 Å². The molecule has 0 aromatic heterocycles. The number of hydrogen-bond acceptors (Lipinski definition) is 12. The number of nitro groups is 2. The molecule has 1 aliphatic rings. The van der Waals surface area contributed by atoms with E-state index in [-0.39, 0.29) is 22.6 Å². The lowest BCUT2D eigenvalue weighted by molar-refractivity contribution is -0.386. The molecule has 0 unspecified atom stereocenters. The first-order valence-electron chi connectivity index (χ1n) is 11.3. The van der Waals surface area contributed by atoms with E-state index in [1.165, 1.54) is 48.5 Å².